The molecular formula is C25H26N2O3. The second-order valence-corrected chi connectivity index (χ2v) is 8.15. The van der Waals surface area contributed by atoms with Crippen LogP contribution in [0.2, 0.25) is 0 Å². The molecule has 2 heterocycles. The SMILES string of the molecule is CC(=O)C1=C(O)C(=O)N(CCc2c[nH]c3ccccc23)[C@@H]1c1ccc(C(C)C)cc1. The van der Waals surface area contributed by atoms with Crippen molar-refractivity contribution in [3.8, 4) is 0 Å². The van der Waals surface area contributed by atoms with Gasteiger partial charge in [0.1, 0.15) is 0 Å². The fourth-order valence-corrected chi connectivity index (χ4v) is 4.23. The molecule has 3 aromatic rings. The predicted octanol–water partition coefficient (Wildman–Crippen LogP) is 4.82. The molecule has 1 aromatic heterocycles. The topological polar surface area (TPSA) is 73.4 Å². The van der Waals surface area contributed by atoms with E-state index in [1.165, 1.54) is 12.5 Å². The first-order chi connectivity index (χ1) is 14.4. The van der Waals surface area contributed by atoms with Crippen LogP contribution in [0.3, 0.4) is 0 Å². The van der Waals surface area contributed by atoms with Crippen LogP contribution in [0.1, 0.15) is 49.4 Å². The van der Waals surface area contributed by atoms with Gasteiger partial charge >= 0.3 is 0 Å². The van der Waals surface area contributed by atoms with Crippen molar-refractivity contribution in [2.75, 3.05) is 6.54 Å². The molecule has 0 unspecified atom stereocenters. The molecule has 0 radical (unpaired) electrons. The first kappa shape index (κ1) is 20.0. The van der Waals surface area contributed by atoms with E-state index in [-0.39, 0.29) is 11.4 Å². The van der Waals surface area contributed by atoms with Crippen molar-refractivity contribution < 1.29 is 14.7 Å². The number of carbonyl (C=O) groups is 2. The summed E-state index contributed by atoms with van der Waals surface area (Å²) < 4.78 is 0. The number of hydrogen-bond donors (Lipinski definition) is 2. The van der Waals surface area contributed by atoms with Gasteiger partial charge in [0, 0.05) is 23.6 Å². The number of para-hydroxylation sites is 1. The van der Waals surface area contributed by atoms with Crippen molar-refractivity contribution in [1.82, 2.24) is 9.88 Å². The fourth-order valence-electron chi connectivity index (χ4n) is 4.23. The number of aromatic amines is 1. The number of nitrogens with zero attached hydrogens (tertiary/aromatic N) is 1. The van der Waals surface area contributed by atoms with Crippen LogP contribution in [0.5, 0.6) is 0 Å². The van der Waals surface area contributed by atoms with Crippen molar-refractivity contribution in [3.05, 3.63) is 82.8 Å². The van der Waals surface area contributed by atoms with E-state index in [4.69, 9.17) is 0 Å². The summed E-state index contributed by atoms with van der Waals surface area (Å²) in [5, 5.41) is 11.6. The lowest BCUT2D eigenvalue weighted by atomic mass is 9.94. The average Bonchev–Trinajstić information content (AvgIpc) is 3.25. The minimum Gasteiger partial charge on any atom is -0.503 e. The average molecular weight is 402 g/mol. The third-order valence-corrected chi connectivity index (χ3v) is 5.90. The first-order valence-corrected chi connectivity index (χ1v) is 10.3. The summed E-state index contributed by atoms with van der Waals surface area (Å²) in [5.41, 5.74) is 4.35. The van der Waals surface area contributed by atoms with Crippen LogP contribution in [-0.2, 0) is 16.0 Å². The summed E-state index contributed by atoms with van der Waals surface area (Å²) in [6, 6.07) is 15.4. The van der Waals surface area contributed by atoms with Gasteiger partial charge in [-0.2, -0.15) is 0 Å². The maximum atomic E-state index is 12.9. The van der Waals surface area contributed by atoms with E-state index < -0.39 is 17.7 Å². The molecule has 2 N–H and O–H groups in total. The van der Waals surface area contributed by atoms with Crippen LogP contribution < -0.4 is 0 Å². The first-order valence-electron chi connectivity index (χ1n) is 10.3. The van der Waals surface area contributed by atoms with Crippen molar-refractivity contribution in [1.29, 1.82) is 0 Å². The van der Waals surface area contributed by atoms with Gasteiger partial charge in [-0.25, -0.2) is 0 Å². The van der Waals surface area contributed by atoms with Crippen LogP contribution in [0.4, 0.5) is 0 Å². The quantitative estimate of drug-likeness (QED) is 0.621. The molecule has 1 aliphatic heterocycles. The Morgan fingerprint density at radius 2 is 1.83 bits per heavy atom. The minimum absolute atomic E-state index is 0.177. The maximum Gasteiger partial charge on any atom is 0.290 e. The number of nitrogens with one attached hydrogen (secondary N) is 1. The Morgan fingerprint density at radius 1 is 1.13 bits per heavy atom. The summed E-state index contributed by atoms with van der Waals surface area (Å²) in [7, 11) is 0. The predicted molar refractivity (Wildman–Crippen MR) is 117 cm³/mol. The zero-order valence-electron chi connectivity index (χ0n) is 17.5. The second-order valence-electron chi connectivity index (χ2n) is 8.15. The van der Waals surface area contributed by atoms with Crippen LogP contribution >= 0.6 is 0 Å². The number of aliphatic hydroxyl groups excluding tert-OH is 1. The molecule has 30 heavy (non-hydrogen) atoms. The van der Waals surface area contributed by atoms with Crippen molar-refractivity contribution in [2.45, 2.75) is 39.2 Å². The third-order valence-electron chi connectivity index (χ3n) is 5.90. The summed E-state index contributed by atoms with van der Waals surface area (Å²) in [4.78, 5) is 30.0. The molecule has 5 heteroatoms. The van der Waals surface area contributed by atoms with Crippen LogP contribution in [0.15, 0.2) is 66.1 Å². The number of fused-ring (bicyclic) bond motifs is 1. The monoisotopic (exact) mass is 402 g/mol. The fraction of sp³-hybridized carbons (Fsp3) is 0.280. The highest BCUT2D eigenvalue weighted by molar-refractivity contribution is 6.08. The number of ketones is 1. The van der Waals surface area contributed by atoms with Crippen molar-refractivity contribution in [2.24, 2.45) is 0 Å². The number of H-pyrrole nitrogens is 1. The van der Waals surface area contributed by atoms with Crippen molar-refractivity contribution in [3.63, 3.8) is 0 Å². The van der Waals surface area contributed by atoms with Crippen LogP contribution in [0.25, 0.3) is 10.9 Å². The number of hydrogen-bond acceptors (Lipinski definition) is 3. The van der Waals surface area contributed by atoms with Gasteiger partial charge in [-0.3, -0.25) is 9.59 Å². The molecule has 0 fully saturated rings. The zero-order chi connectivity index (χ0) is 21.4. The molecule has 0 saturated carbocycles. The smallest absolute Gasteiger partial charge is 0.290 e. The number of rotatable bonds is 6. The highest BCUT2D eigenvalue weighted by Crippen LogP contribution is 2.38. The van der Waals surface area contributed by atoms with Gasteiger partial charge in [0.15, 0.2) is 11.5 Å². The lowest BCUT2D eigenvalue weighted by Crippen LogP contribution is -2.32. The van der Waals surface area contributed by atoms with E-state index in [0.717, 1.165) is 22.0 Å². The number of benzene rings is 2. The number of carbonyl (C=O) groups excluding carboxylic acids is 2. The second kappa shape index (κ2) is 7.82. The molecule has 1 atom stereocenters. The minimum atomic E-state index is -0.568. The zero-order valence-corrected chi connectivity index (χ0v) is 17.5. The Hall–Kier alpha value is -3.34. The van der Waals surface area contributed by atoms with E-state index in [2.05, 4.69) is 18.8 Å². The standard InChI is InChI=1S/C25H26N2O3/c1-15(2)17-8-10-18(11-9-17)23-22(16(3)28)24(29)25(30)27(23)13-12-19-14-26-21-7-5-4-6-20(19)21/h4-11,14-15,23,26,29H,12-13H2,1-3H3/t23-/m1/s1. The summed E-state index contributed by atoms with van der Waals surface area (Å²) in [5.74, 6) is -0.816. The van der Waals surface area contributed by atoms with Crippen LogP contribution in [0, 0.1) is 0 Å². The molecule has 154 valence electrons. The van der Waals surface area contributed by atoms with Gasteiger partial charge in [0.25, 0.3) is 5.91 Å². The summed E-state index contributed by atoms with van der Waals surface area (Å²) in [6.45, 7) is 6.04. The molecule has 5 nitrogen and oxygen atoms in total. The van der Waals surface area contributed by atoms with E-state index in [1.54, 1.807) is 4.90 Å². The van der Waals surface area contributed by atoms with Gasteiger partial charge in [-0.15, -0.1) is 0 Å². The Kier molecular flexibility index (Phi) is 5.20. The molecular weight excluding hydrogens is 376 g/mol. The number of aromatic nitrogens is 1. The van der Waals surface area contributed by atoms with Crippen LogP contribution in [-0.4, -0.2) is 33.2 Å². The number of Topliss-reactive ketones (excluding diaryl/α,β-unsaturated/α-hetero) is 1. The highest BCUT2D eigenvalue weighted by Gasteiger charge is 2.42. The molecule has 4 rings (SSSR count). The number of amides is 1. The van der Waals surface area contributed by atoms with E-state index in [1.807, 2.05) is 54.7 Å². The molecule has 0 spiro atoms. The molecule has 0 bridgehead atoms. The van der Waals surface area contributed by atoms with Crippen molar-refractivity contribution >= 4 is 22.6 Å². The van der Waals surface area contributed by atoms with Gasteiger partial charge in [-0.1, -0.05) is 56.3 Å². The lowest BCUT2D eigenvalue weighted by Gasteiger charge is -2.27. The molecule has 2 aromatic carbocycles. The molecule has 1 aliphatic rings. The Balaban J connectivity index is 1.66. The van der Waals surface area contributed by atoms with Gasteiger partial charge in [0.2, 0.25) is 0 Å². The molecule has 0 saturated heterocycles. The summed E-state index contributed by atoms with van der Waals surface area (Å²) in [6.07, 6.45) is 2.58. The largest absolute Gasteiger partial charge is 0.503 e. The van der Waals surface area contributed by atoms with Gasteiger partial charge in [0.05, 0.1) is 11.6 Å². The van der Waals surface area contributed by atoms with Gasteiger partial charge in [-0.05, 0) is 42.0 Å². The Morgan fingerprint density at radius 3 is 2.50 bits per heavy atom. The number of aliphatic hydroxyl groups is 1. The van der Waals surface area contributed by atoms with E-state index in [9.17, 15) is 14.7 Å². The maximum absolute atomic E-state index is 12.9. The Bertz CT molecular complexity index is 1140. The molecule has 1 amide bonds. The van der Waals surface area contributed by atoms with E-state index >= 15 is 0 Å². The highest BCUT2D eigenvalue weighted by atomic mass is 16.3. The molecule has 0 aliphatic carbocycles. The summed E-state index contributed by atoms with van der Waals surface area (Å²) >= 11 is 0. The van der Waals surface area contributed by atoms with E-state index in [0.29, 0.717) is 18.9 Å². The Labute approximate surface area is 176 Å². The normalized spacial score (nSPS) is 16.9. The third kappa shape index (κ3) is 3.41. The van der Waals surface area contributed by atoms with Gasteiger partial charge < -0.3 is 15.0 Å². The lowest BCUT2D eigenvalue weighted by molar-refractivity contribution is -0.129.